The van der Waals surface area contributed by atoms with Gasteiger partial charge in [-0.15, -0.1) is 0 Å². The van der Waals surface area contributed by atoms with Crippen LogP contribution in [0.4, 0.5) is 0 Å². The summed E-state index contributed by atoms with van der Waals surface area (Å²) in [7, 11) is 0. The summed E-state index contributed by atoms with van der Waals surface area (Å²) in [6.07, 6.45) is 24.9. The van der Waals surface area contributed by atoms with Gasteiger partial charge in [-0.3, -0.25) is 9.59 Å². The van der Waals surface area contributed by atoms with Crippen molar-refractivity contribution < 1.29 is 14.3 Å². The molecule has 0 N–H and O–H groups in total. The average molecular weight is 430 g/mol. The van der Waals surface area contributed by atoms with Gasteiger partial charge in [0.1, 0.15) is 6.61 Å². The van der Waals surface area contributed by atoms with E-state index in [9.17, 15) is 9.59 Å². The van der Waals surface area contributed by atoms with Crippen LogP contribution in [0.2, 0.25) is 0 Å². The fourth-order valence-electron chi connectivity index (χ4n) is 3.93. The highest BCUT2D eigenvalue weighted by molar-refractivity contribution is 5.69. The van der Waals surface area contributed by atoms with Crippen molar-refractivity contribution in [2.24, 2.45) is 0 Å². The van der Waals surface area contributed by atoms with Crippen LogP contribution in [0.15, 0.2) is 30.3 Å². The second kappa shape index (κ2) is 21.6. The molecule has 0 aliphatic carbocycles. The number of ether oxygens (including phenoxy) is 1. The van der Waals surface area contributed by atoms with E-state index in [1.54, 1.807) is 0 Å². The van der Waals surface area contributed by atoms with Gasteiger partial charge in [0.15, 0.2) is 6.29 Å². The number of unbranched alkanes of at least 4 members (excludes halogenated alkanes) is 17. The van der Waals surface area contributed by atoms with Gasteiger partial charge in [-0.1, -0.05) is 127 Å². The quantitative estimate of drug-likeness (QED) is 0.138. The van der Waals surface area contributed by atoms with E-state index in [0.717, 1.165) is 24.8 Å². The Labute approximate surface area is 191 Å². The minimum absolute atomic E-state index is 0.0720. The van der Waals surface area contributed by atoms with Crippen LogP contribution >= 0.6 is 0 Å². The van der Waals surface area contributed by atoms with E-state index >= 15 is 0 Å². The molecule has 0 saturated heterocycles. The van der Waals surface area contributed by atoms with E-state index in [4.69, 9.17) is 4.74 Å². The average Bonchev–Trinajstić information content (AvgIpc) is 2.80. The Hall–Kier alpha value is -1.64. The first-order chi connectivity index (χ1) is 15.3. The van der Waals surface area contributed by atoms with Gasteiger partial charge in [-0.25, -0.2) is 0 Å². The molecular formula is C28H45O3. The SMILES string of the molecule is O=[C]CCCCCCCCCCCCCCCCCCCC(=O)OCc1ccccc1. The normalized spacial score (nSPS) is 10.8. The lowest BCUT2D eigenvalue weighted by Gasteiger charge is -2.05. The molecule has 0 amide bonds. The molecule has 0 spiro atoms. The van der Waals surface area contributed by atoms with Crippen molar-refractivity contribution >= 4 is 12.3 Å². The largest absolute Gasteiger partial charge is 0.461 e. The minimum atomic E-state index is -0.0720. The van der Waals surface area contributed by atoms with Crippen LogP contribution < -0.4 is 0 Å². The third-order valence-corrected chi connectivity index (χ3v) is 5.90. The molecular weight excluding hydrogens is 384 g/mol. The van der Waals surface area contributed by atoms with E-state index < -0.39 is 0 Å². The van der Waals surface area contributed by atoms with Crippen molar-refractivity contribution in [3.8, 4) is 0 Å². The van der Waals surface area contributed by atoms with E-state index in [-0.39, 0.29) is 5.97 Å². The van der Waals surface area contributed by atoms with Crippen LogP contribution in [-0.2, 0) is 20.9 Å². The molecule has 0 unspecified atom stereocenters. The maximum absolute atomic E-state index is 11.8. The van der Waals surface area contributed by atoms with Crippen molar-refractivity contribution in [2.75, 3.05) is 0 Å². The smallest absolute Gasteiger partial charge is 0.306 e. The Balaban J connectivity index is 1.72. The predicted octanol–water partition coefficient (Wildman–Crippen LogP) is 8.25. The molecule has 0 fully saturated rings. The summed E-state index contributed by atoms with van der Waals surface area (Å²) in [6.45, 7) is 0.391. The van der Waals surface area contributed by atoms with Gasteiger partial charge in [0.25, 0.3) is 0 Å². The first kappa shape index (κ1) is 27.4. The molecule has 0 saturated carbocycles. The molecule has 0 atom stereocenters. The van der Waals surface area contributed by atoms with Gasteiger partial charge >= 0.3 is 5.97 Å². The van der Waals surface area contributed by atoms with Gasteiger partial charge in [0, 0.05) is 12.8 Å². The third-order valence-electron chi connectivity index (χ3n) is 5.90. The minimum Gasteiger partial charge on any atom is -0.461 e. The highest BCUT2D eigenvalue weighted by atomic mass is 16.5. The maximum Gasteiger partial charge on any atom is 0.306 e. The van der Waals surface area contributed by atoms with Crippen LogP contribution in [0, 0.1) is 0 Å². The summed E-state index contributed by atoms with van der Waals surface area (Å²) in [6, 6.07) is 9.86. The van der Waals surface area contributed by atoms with Gasteiger partial charge < -0.3 is 4.74 Å². The van der Waals surface area contributed by atoms with Crippen LogP contribution in [-0.4, -0.2) is 12.3 Å². The van der Waals surface area contributed by atoms with Crippen molar-refractivity contribution in [3.63, 3.8) is 0 Å². The van der Waals surface area contributed by atoms with Crippen molar-refractivity contribution in [2.45, 2.75) is 129 Å². The van der Waals surface area contributed by atoms with Gasteiger partial charge in [-0.2, -0.15) is 0 Å². The highest BCUT2D eigenvalue weighted by Gasteiger charge is 2.03. The van der Waals surface area contributed by atoms with Crippen molar-refractivity contribution in [1.82, 2.24) is 0 Å². The number of carbonyl (C=O) groups is 1. The molecule has 175 valence electrons. The van der Waals surface area contributed by atoms with Gasteiger partial charge in [0.2, 0.25) is 0 Å². The summed E-state index contributed by atoms with van der Waals surface area (Å²) < 4.78 is 5.31. The zero-order valence-corrected chi connectivity index (χ0v) is 19.8. The Morgan fingerprint density at radius 1 is 0.613 bits per heavy atom. The molecule has 0 bridgehead atoms. The molecule has 0 aliphatic rings. The standard InChI is InChI=1S/C28H45O3/c29-25-21-16-14-12-10-8-6-4-2-1-3-5-7-9-11-13-15-20-24-28(30)31-26-27-22-18-17-19-23-27/h17-19,22-23H,1-16,20-21,24,26H2. The molecule has 3 nitrogen and oxygen atoms in total. The Morgan fingerprint density at radius 3 is 1.48 bits per heavy atom. The Kier molecular flexibility index (Phi) is 19.1. The fourth-order valence-corrected chi connectivity index (χ4v) is 3.93. The van der Waals surface area contributed by atoms with E-state index in [2.05, 4.69) is 0 Å². The first-order valence-electron chi connectivity index (χ1n) is 12.9. The monoisotopic (exact) mass is 429 g/mol. The second-order valence-corrected chi connectivity index (χ2v) is 8.80. The second-order valence-electron chi connectivity index (χ2n) is 8.80. The van der Waals surface area contributed by atoms with Gasteiger partial charge in [0.05, 0.1) is 0 Å². The number of esters is 1. The number of hydrogen-bond acceptors (Lipinski definition) is 3. The molecule has 3 heteroatoms. The lowest BCUT2D eigenvalue weighted by atomic mass is 10.0. The Bertz CT molecular complexity index is 526. The molecule has 0 aliphatic heterocycles. The van der Waals surface area contributed by atoms with Crippen LogP contribution in [0.25, 0.3) is 0 Å². The van der Waals surface area contributed by atoms with Crippen LogP contribution in [0.3, 0.4) is 0 Å². The number of benzene rings is 1. The number of carbonyl (C=O) groups excluding carboxylic acids is 2. The highest BCUT2D eigenvalue weighted by Crippen LogP contribution is 2.14. The Morgan fingerprint density at radius 2 is 1.03 bits per heavy atom. The van der Waals surface area contributed by atoms with Crippen LogP contribution in [0.1, 0.15) is 128 Å². The summed E-state index contributed by atoms with van der Waals surface area (Å²) in [4.78, 5) is 21.9. The number of hydrogen-bond donors (Lipinski definition) is 0. The van der Waals surface area contributed by atoms with Gasteiger partial charge in [-0.05, 0) is 18.4 Å². The molecule has 0 aromatic heterocycles. The third kappa shape index (κ3) is 18.8. The van der Waals surface area contributed by atoms with E-state index in [1.807, 2.05) is 36.6 Å². The zero-order chi connectivity index (χ0) is 22.2. The predicted molar refractivity (Wildman–Crippen MR) is 130 cm³/mol. The van der Waals surface area contributed by atoms with E-state index in [0.29, 0.717) is 19.4 Å². The molecule has 1 aromatic carbocycles. The van der Waals surface area contributed by atoms with Crippen molar-refractivity contribution in [1.29, 1.82) is 0 Å². The summed E-state index contributed by atoms with van der Waals surface area (Å²) in [5.74, 6) is -0.0720. The first-order valence-corrected chi connectivity index (χ1v) is 12.9. The van der Waals surface area contributed by atoms with E-state index in [1.165, 1.54) is 89.9 Å². The molecule has 1 aromatic rings. The maximum atomic E-state index is 11.8. The fraction of sp³-hybridized carbons (Fsp3) is 0.714. The summed E-state index contributed by atoms with van der Waals surface area (Å²) in [5, 5.41) is 0. The van der Waals surface area contributed by atoms with Crippen LogP contribution in [0.5, 0.6) is 0 Å². The molecule has 1 radical (unpaired) electrons. The zero-order valence-electron chi connectivity index (χ0n) is 19.8. The number of rotatable bonds is 22. The molecule has 0 heterocycles. The summed E-state index contributed by atoms with van der Waals surface area (Å²) in [5.41, 5.74) is 1.05. The lowest BCUT2D eigenvalue weighted by molar-refractivity contribution is -0.145. The lowest BCUT2D eigenvalue weighted by Crippen LogP contribution is -2.04. The topological polar surface area (TPSA) is 43.4 Å². The van der Waals surface area contributed by atoms with Crippen molar-refractivity contribution in [3.05, 3.63) is 35.9 Å². The summed E-state index contributed by atoms with van der Waals surface area (Å²) >= 11 is 0. The molecule has 1 rings (SSSR count). The molecule has 31 heavy (non-hydrogen) atoms.